The maximum atomic E-state index is 13.3. The van der Waals surface area contributed by atoms with Crippen LogP contribution in [0, 0.1) is 5.82 Å². The number of fused-ring (bicyclic) bond motifs is 1. The van der Waals surface area contributed by atoms with Crippen molar-refractivity contribution in [1.29, 1.82) is 0 Å². The molecule has 0 fully saturated rings. The highest BCUT2D eigenvalue weighted by Gasteiger charge is 2.29. The molecule has 0 radical (unpaired) electrons. The Morgan fingerprint density at radius 1 is 1.48 bits per heavy atom. The Morgan fingerprint density at radius 3 is 2.96 bits per heavy atom. The number of rotatable bonds is 6. The van der Waals surface area contributed by atoms with Crippen LogP contribution < -0.4 is 4.72 Å². The number of hydrogen-bond donors (Lipinski definition) is 1. The van der Waals surface area contributed by atoms with Crippen LogP contribution >= 0.6 is 11.6 Å². The second-order valence-corrected chi connectivity index (χ2v) is 8.27. The Labute approximate surface area is 161 Å². The lowest BCUT2D eigenvalue weighted by Crippen LogP contribution is -2.31. The number of hydrogen-bond acceptors (Lipinski definition) is 5. The van der Waals surface area contributed by atoms with Gasteiger partial charge in [-0.05, 0) is 44.4 Å². The van der Waals surface area contributed by atoms with Crippen molar-refractivity contribution in [2.24, 2.45) is 0 Å². The summed E-state index contributed by atoms with van der Waals surface area (Å²) in [4.78, 5) is 11.6. The molecule has 0 saturated heterocycles. The molecule has 1 heterocycles. The summed E-state index contributed by atoms with van der Waals surface area (Å²) in [5.41, 5.74) is 1.53. The van der Waals surface area contributed by atoms with Crippen LogP contribution in [0.2, 0.25) is 5.02 Å². The normalized spacial score (nSPS) is 16.8. The van der Waals surface area contributed by atoms with Gasteiger partial charge in [-0.2, -0.15) is 5.10 Å². The average molecular weight is 416 g/mol. The van der Waals surface area contributed by atoms with Gasteiger partial charge in [0.05, 0.1) is 28.8 Å². The highest BCUT2D eigenvalue weighted by atomic mass is 35.5. The van der Waals surface area contributed by atoms with Crippen molar-refractivity contribution in [2.45, 2.75) is 43.7 Å². The molecular weight excluding hydrogens is 397 g/mol. The quantitative estimate of drug-likeness (QED) is 0.732. The van der Waals surface area contributed by atoms with Gasteiger partial charge in [0.15, 0.2) is 0 Å². The number of carbonyl (C=O) groups is 1. The molecule has 3 rings (SSSR count). The van der Waals surface area contributed by atoms with Gasteiger partial charge in [0.2, 0.25) is 10.0 Å². The second-order valence-electron chi connectivity index (χ2n) is 6.15. The summed E-state index contributed by atoms with van der Waals surface area (Å²) < 4.78 is 47.7. The van der Waals surface area contributed by atoms with Gasteiger partial charge in [-0.15, -0.1) is 0 Å². The number of sulfonamides is 1. The van der Waals surface area contributed by atoms with Crippen LogP contribution in [-0.2, 0) is 32.5 Å². The first kappa shape index (κ1) is 19.8. The highest BCUT2D eigenvalue weighted by molar-refractivity contribution is 7.89. The Bertz CT molecular complexity index is 961. The minimum Gasteiger partial charge on any atom is -0.465 e. The predicted molar refractivity (Wildman–Crippen MR) is 96.3 cm³/mol. The molecule has 0 bridgehead atoms. The number of esters is 1. The van der Waals surface area contributed by atoms with Crippen LogP contribution in [0.3, 0.4) is 0 Å². The van der Waals surface area contributed by atoms with Gasteiger partial charge < -0.3 is 4.74 Å². The van der Waals surface area contributed by atoms with Crippen LogP contribution in [0.4, 0.5) is 4.39 Å². The van der Waals surface area contributed by atoms with Crippen LogP contribution in [0.1, 0.15) is 37.1 Å². The molecule has 1 unspecified atom stereocenters. The van der Waals surface area contributed by atoms with Crippen LogP contribution in [-0.4, -0.2) is 30.8 Å². The Balaban J connectivity index is 1.82. The van der Waals surface area contributed by atoms with E-state index in [0.29, 0.717) is 12.8 Å². The molecule has 1 aromatic carbocycles. The maximum Gasteiger partial charge on any atom is 0.327 e. The fourth-order valence-corrected chi connectivity index (χ4v) is 4.63. The number of ether oxygens (including phenoxy) is 1. The lowest BCUT2D eigenvalue weighted by Gasteiger charge is -2.24. The first-order valence-electron chi connectivity index (χ1n) is 8.49. The SMILES string of the molecule is CCOC(=O)Cn1ncc2c1CCCC2NS(=O)(=O)c1ccc(F)c(Cl)c1. The van der Waals surface area contributed by atoms with E-state index in [9.17, 15) is 17.6 Å². The maximum absolute atomic E-state index is 13.3. The van der Waals surface area contributed by atoms with Crippen molar-refractivity contribution >= 4 is 27.6 Å². The van der Waals surface area contributed by atoms with Gasteiger partial charge in [0.1, 0.15) is 12.4 Å². The molecule has 1 aliphatic carbocycles. The molecule has 0 spiro atoms. The fraction of sp³-hybridized carbons (Fsp3) is 0.412. The smallest absolute Gasteiger partial charge is 0.327 e. The lowest BCUT2D eigenvalue weighted by atomic mass is 9.94. The van der Waals surface area contributed by atoms with Gasteiger partial charge in [0, 0.05) is 11.3 Å². The van der Waals surface area contributed by atoms with Gasteiger partial charge in [-0.3, -0.25) is 9.48 Å². The predicted octanol–water partition coefficient (Wildman–Crippen LogP) is 2.59. The monoisotopic (exact) mass is 415 g/mol. The first-order chi connectivity index (χ1) is 12.8. The van der Waals surface area contributed by atoms with Crippen molar-refractivity contribution < 1.29 is 22.3 Å². The molecule has 2 aromatic rings. The third-order valence-corrected chi connectivity index (χ3v) is 6.10. The summed E-state index contributed by atoms with van der Waals surface area (Å²) in [6, 6.07) is 2.77. The van der Waals surface area contributed by atoms with E-state index in [1.807, 2.05) is 0 Å². The average Bonchev–Trinajstić information content (AvgIpc) is 3.01. The zero-order valence-electron chi connectivity index (χ0n) is 14.6. The third kappa shape index (κ3) is 4.31. The van der Waals surface area contributed by atoms with Crippen molar-refractivity contribution in [3.63, 3.8) is 0 Å². The molecule has 0 amide bonds. The minimum atomic E-state index is -3.89. The van der Waals surface area contributed by atoms with E-state index in [2.05, 4.69) is 9.82 Å². The van der Waals surface area contributed by atoms with E-state index in [1.165, 1.54) is 0 Å². The van der Waals surface area contributed by atoms with Gasteiger partial charge >= 0.3 is 5.97 Å². The number of nitrogens with one attached hydrogen (secondary N) is 1. The molecule has 1 N–H and O–H groups in total. The van der Waals surface area contributed by atoms with Crippen molar-refractivity contribution in [3.05, 3.63) is 46.5 Å². The summed E-state index contributed by atoms with van der Waals surface area (Å²) in [6.45, 7) is 1.99. The molecule has 0 saturated carbocycles. The molecule has 1 aliphatic rings. The molecule has 10 heteroatoms. The molecule has 7 nitrogen and oxygen atoms in total. The van der Waals surface area contributed by atoms with E-state index in [4.69, 9.17) is 16.3 Å². The Morgan fingerprint density at radius 2 is 2.26 bits per heavy atom. The topological polar surface area (TPSA) is 90.3 Å². The minimum absolute atomic E-state index is 0.0176. The standard InChI is InChI=1S/C17H19ClFN3O4S/c1-2-26-17(23)10-22-16-5-3-4-15(12(16)9-20-22)21-27(24,25)11-6-7-14(19)13(18)8-11/h6-9,15,21H,2-5,10H2,1H3. The number of aromatic nitrogens is 2. The lowest BCUT2D eigenvalue weighted by molar-refractivity contribution is -0.144. The van der Waals surface area contributed by atoms with Crippen LogP contribution in [0.25, 0.3) is 0 Å². The number of carbonyl (C=O) groups excluding carboxylic acids is 1. The number of nitrogens with zero attached hydrogens (tertiary/aromatic N) is 2. The number of halogens is 2. The summed E-state index contributed by atoms with van der Waals surface area (Å²) in [5.74, 6) is -1.08. The van der Waals surface area contributed by atoms with E-state index in [0.717, 1.165) is 35.9 Å². The second kappa shape index (κ2) is 7.95. The zero-order chi connectivity index (χ0) is 19.6. The van der Waals surface area contributed by atoms with Crippen molar-refractivity contribution in [2.75, 3.05) is 6.61 Å². The van der Waals surface area contributed by atoms with E-state index in [1.54, 1.807) is 17.8 Å². The van der Waals surface area contributed by atoms with Gasteiger partial charge in [0.25, 0.3) is 0 Å². The summed E-state index contributed by atoms with van der Waals surface area (Å²) in [6.07, 6.45) is 3.58. The molecule has 146 valence electrons. The van der Waals surface area contributed by atoms with E-state index < -0.39 is 27.9 Å². The number of benzene rings is 1. The first-order valence-corrected chi connectivity index (χ1v) is 10.4. The molecular formula is C17H19ClFN3O4S. The van der Waals surface area contributed by atoms with Crippen molar-refractivity contribution in [1.82, 2.24) is 14.5 Å². The van der Waals surface area contributed by atoms with E-state index >= 15 is 0 Å². The van der Waals surface area contributed by atoms with Gasteiger partial charge in [-0.25, -0.2) is 17.5 Å². The Kier molecular flexibility index (Phi) is 5.83. The Hall–Kier alpha value is -1.97. The molecule has 1 aromatic heterocycles. The van der Waals surface area contributed by atoms with E-state index in [-0.39, 0.29) is 23.1 Å². The molecule has 1 atom stereocenters. The summed E-state index contributed by atoms with van der Waals surface area (Å²) in [7, 11) is -3.89. The van der Waals surface area contributed by atoms with Crippen LogP contribution in [0.5, 0.6) is 0 Å². The molecule has 27 heavy (non-hydrogen) atoms. The van der Waals surface area contributed by atoms with Gasteiger partial charge in [-0.1, -0.05) is 11.6 Å². The summed E-state index contributed by atoms with van der Waals surface area (Å²) in [5, 5.41) is 3.95. The zero-order valence-corrected chi connectivity index (χ0v) is 16.2. The molecule has 0 aliphatic heterocycles. The third-order valence-electron chi connectivity index (χ3n) is 4.35. The largest absolute Gasteiger partial charge is 0.465 e. The summed E-state index contributed by atoms with van der Waals surface area (Å²) >= 11 is 5.70. The van der Waals surface area contributed by atoms with Crippen molar-refractivity contribution in [3.8, 4) is 0 Å². The fourth-order valence-electron chi connectivity index (χ4n) is 3.11. The highest BCUT2D eigenvalue weighted by Crippen LogP contribution is 2.31. The van der Waals surface area contributed by atoms with Crippen LogP contribution in [0.15, 0.2) is 29.3 Å².